The van der Waals surface area contributed by atoms with Gasteiger partial charge in [0.05, 0.1) is 10.0 Å². The topological polar surface area (TPSA) is 17.1 Å². The Hall–Kier alpha value is -0.700. The summed E-state index contributed by atoms with van der Waals surface area (Å²) >= 11 is 3.13. The first-order valence-corrected chi connectivity index (χ1v) is 5.95. The monoisotopic (exact) mass is 268 g/mol. The summed E-state index contributed by atoms with van der Waals surface area (Å²) in [5.41, 5.74) is 1.43. The van der Waals surface area contributed by atoms with Crippen molar-refractivity contribution in [2.24, 2.45) is 0 Å². The SMILES string of the molecule is O=C1CCC2(CC2)c2ccc(Br)c(F)c21. The fourth-order valence-electron chi connectivity index (χ4n) is 2.55. The second kappa shape index (κ2) is 2.91. The van der Waals surface area contributed by atoms with Gasteiger partial charge in [0.1, 0.15) is 5.82 Å². The van der Waals surface area contributed by atoms with E-state index >= 15 is 0 Å². The number of rotatable bonds is 0. The fourth-order valence-corrected chi connectivity index (χ4v) is 2.88. The molecule has 0 saturated heterocycles. The van der Waals surface area contributed by atoms with Crippen LogP contribution >= 0.6 is 15.9 Å². The van der Waals surface area contributed by atoms with Crippen LogP contribution in [0.1, 0.15) is 41.6 Å². The van der Waals surface area contributed by atoms with E-state index in [9.17, 15) is 9.18 Å². The van der Waals surface area contributed by atoms with E-state index in [2.05, 4.69) is 15.9 Å². The minimum atomic E-state index is -0.372. The second-order valence-corrected chi connectivity index (χ2v) is 5.34. The highest BCUT2D eigenvalue weighted by Crippen LogP contribution is 2.55. The average Bonchev–Trinajstić information content (AvgIpc) is 2.98. The average molecular weight is 269 g/mol. The van der Waals surface area contributed by atoms with Crippen LogP contribution in [-0.4, -0.2) is 5.78 Å². The number of halogens is 2. The van der Waals surface area contributed by atoms with Gasteiger partial charge in [-0.3, -0.25) is 4.79 Å². The van der Waals surface area contributed by atoms with Crippen molar-refractivity contribution in [2.75, 3.05) is 0 Å². The quantitative estimate of drug-likeness (QED) is 0.703. The van der Waals surface area contributed by atoms with Gasteiger partial charge in [-0.15, -0.1) is 0 Å². The molecule has 0 radical (unpaired) electrons. The molecule has 0 aliphatic heterocycles. The van der Waals surface area contributed by atoms with Crippen molar-refractivity contribution in [3.8, 4) is 0 Å². The number of Topliss-reactive ketones (excluding diaryl/α,β-unsaturated/α-hetero) is 1. The van der Waals surface area contributed by atoms with Crippen molar-refractivity contribution in [1.82, 2.24) is 0 Å². The Labute approximate surface area is 95.8 Å². The molecule has 0 bridgehead atoms. The number of hydrogen-bond acceptors (Lipinski definition) is 1. The lowest BCUT2D eigenvalue weighted by Gasteiger charge is -2.24. The summed E-state index contributed by atoms with van der Waals surface area (Å²) in [5, 5.41) is 0. The van der Waals surface area contributed by atoms with Crippen LogP contribution in [0, 0.1) is 5.82 Å². The Bertz CT molecular complexity index is 463. The Morgan fingerprint density at radius 3 is 2.67 bits per heavy atom. The highest BCUT2D eigenvalue weighted by Gasteiger charge is 2.49. The molecule has 0 unspecified atom stereocenters. The predicted molar refractivity (Wildman–Crippen MR) is 58.6 cm³/mol. The molecule has 1 aromatic rings. The fraction of sp³-hybridized carbons (Fsp3) is 0.417. The molecule has 15 heavy (non-hydrogen) atoms. The van der Waals surface area contributed by atoms with E-state index in [4.69, 9.17) is 0 Å². The summed E-state index contributed by atoms with van der Waals surface area (Å²) in [4.78, 5) is 11.7. The van der Waals surface area contributed by atoms with E-state index in [0.717, 1.165) is 24.8 Å². The molecule has 3 heteroatoms. The third kappa shape index (κ3) is 1.22. The van der Waals surface area contributed by atoms with Gasteiger partial charge in [-0.2, -0.15) is 0 Å². The molecule has 1 aromatic carbocycles. The maximum absolute atomic E-state index is 13.8. The van der Waals surface area contributed by atoms with Crippen molar-refractivity contribution in [3.05, 3.63) is 33.5 Å². The van der Waals surface area contributed by atoms with Crippen LogP contribution in [-0.2, 0) is 5.41 Å². The second-order valence-electron chi connectivity index (χ2n) is 4.49. The van der Waals surface area contributed by atoms with Gasteiger partial charge in [0.15, 0.2) is 5.78 Å². The van der Waals surface area contributed by atoms with E-state index in [-0.39, 0.29) is 17.0 Å². The summed E-state index contributed by atoms with van der Waals surface area (Å²) in [6.45, 7) is 0. The molecule has 2 aliphatic carbocycles. The third-order valence-corrected chi connectivity index (χ3v) is 4.24. The summed E-state index contributed by atoms with van der Waals surface area (Å²) in [6, 6.07) is 3.62. The molecule has 0 aromatic heterocycles. The number of benzene rings is 1. The van der Waals surface area contributed by atoms with Crippen molar-refractivity contribution in [3.63, 3.8) is 0 Å². The summed E-state index contributed by atoms with van der Waals surface area (Å²) < 4.78 is 14.2. The Balaban J connectivity index is 2.28. The highest BCUT2D eigenvalue weighted by molar-refractivity contribution is 9.10. The highest BCUT2D eigenvalue weighted by atomic mass is 79.9. The lowest BCUT2D eigenvalue weighted by molar-refractivity contribution is 0.0959. The van der Waals surface area contributed by atoms with Gasteiger partial charge in [-0.1, -0.05) is 6.07 Å². The lowest BCUT2D eigenvalue weighted by atomic mass is 9.79. The number of carbonyl (C=O) groups excluding carboxylic acids is 1. The van der Waals surface area contributed by atoms with E-state index in [1.807, 2.05) is 6.07 Å². The van der Waals surface area contributed by atoms with Gasteiger partial charge in [-0.05, 0) is 52.2 Å². The summed E-state index contributed by atoms with van der Waals surface area (Å²) in [5.74, 6) is -0.412. The first kappa shape index (κ1) is 9.52. The van der Waals surface area contributed by atoms with Gasteiger partial charge in [0.25, 0.3) is 0 Å². The Morgan fingerprint density at radius 2 is 2.00 bits per heavy atom. The molecule has 2 aliphatic rings. The molecule has 0 amide bonds. The van der Waals surface area contributed by atoms with Crippen LogP contribution in [0.15, 0.2) is 16.6 Å². The van der Waals surface area contributed by atoms with Crippen LogP contribution in [0.4, 0.5) is 4.39 Å². The van der Waals surface area contributed by atoms with Crippen LogP contribution in [0.2, 0.25) is 0 Å². The zero-order chi connectivity index (χ0) is 10.6. The van der Waals surface area contributed by atoms with Crippen molar-refractivity contribution >= 4 is 21.7 Å². The Morgan fingerprint density at radius 1 is 1.27 bits per heavy atom. The zero-order valence-corrected chi connectivity index (χ0v) is 9.73. The van der Waals surface area contributed by atoms with Crippen LogP contribution < -0.4 is 0 Å². The predicted octanol–water partition coefficient (Wildman–Crippen LogP) is 3.60. The normalized spacial score (nSPS) is 21.6. The minimum Gasteiger partial charge on any atom is -0.294 e. The van der Waals surface area contributed by atoms with Gasteiger partial charge in [0, 0.05) is 6.42 Å². The van der Waals surface area contributed by atoms with Crippen molar-refractivity contribution in [2.45, 2.75) is 31.1 Å². The van der Waals surface area contributed by atoms with Crippen LogP contribution in [0.3, 0.4) is 0 Å². The van der Waals surface area contributed by atoms with E-state index < -0.39 is 0 Å². The maximum Gasteiger partial charge on any atom is 0.166 e. The first-order chi connectivity index (χ1) is 7.14. The third-order valence-electron chi connectivity index (χ3n) is 3.63. The smallest absolute Gasteiger partial charge is 0.166 e. The number of fused-ring (bicyclic) bond motifs is 2. The molecular weight excluding hydrogens is 259 g/mol. The van der Waals surface area contributed by atoms with Gasteiger partial charge in [-0.25, -0.2) is 4.39 Å². The van der Waals surface area contributed by atoms with Gasteiger partial charge in [0.2, 0.25) is 0 Å². The van der Waals surface area contributed by atoms with Gasteiger partial charge >= 0.3 is 0 Å². The molecule has 1 spiro atoms. The molecule has 0 heterocycles. The van der Waals surface area contributed by atoms with Gasteiger partial charge < -0.3 is 0 Å². The standard InChI is InChI=1S/C12H10BrFO/c13-8-2-1-7-10(11(8)14)9(15)3-4-12(7)5-6-12/h1-2H,3-6H2. The molecule has 3 rings (SSSR count). The molecule has 1 nitrogen and oxygen atoms in total. The molecular formula is C12H10BrFO. The molecule has 1 fully saturated rings. The van der Waals surface area contributed by atoms with E-state index in [1.54, 1.807) is 6.07 Å². The minimum absolute atomic E-state index is 0.0404. The lowest BCUT2D eigenvalue weighted by Crippen LogP contribution is -2.22. The van der Waals surface area contributed by atoms with Crippen LogP contribution in [0.5, 0.6) is 0 Å². The number of hydrogen-bond donors (Lipinski definition) is 0. The van der Waals surface area contributed by atoms with Crippen molar-refractivity contribution < 1.29 is 9.18 Å². The first-order valence-electron chi connectivity index (χ1n) is 5.16. The molecule has 0 N–H and O–H groups in total. The molecule has 78 valence electrons. The summed E-state index contributed by atoms with van der Waals surface area (Å²) in [7, 11) is 0. The maximum atomic E-state index is 13.8. The number of ketones is 1. The van der Waals surface area contributed by atoms with Crippen molar-refractivity contribution in [1.29, 1.82) is 0 Å². The Kier molecular flexibility index (Phi) is 1.85. The molecule has 0 atom stereocenters. The van der Waals surface area contributed by atoms with E-state index in [1.165, 1.54) is 0 Å². The summed E-state index contributed by atoms with van der Waals surface area (Å²) in [6.07, 6.45) is 3.61. The number of carbonyl (C=O) groups is 1. The zero-order valence-electron chi connectivity index (χ0n) is 8.15. The van der Waals surface area contributed by atoms with E-state index in [0.29, 0.717) is 16.5 Å². The molecule has 1 saturated carbocycles. The largest absolute Gasteiger partial charge is 0.294 e. The van der Waals surface area contributed by atoms with Crippen LogP contribution in [0.25, 0.3) is 0 Å².